The van der Waals surface area contributed by atoms with Gasteiger partial charge in [0.2, 0.25) is 0 Å². The van der Waals surface area contributed by atoms with Crippen molar-refractivity contribution in [1.29, 1.82) is 0 Å². The fourth-order valence-corrected chi connectivity index (χ4v) is 4.33. The predicted molar refractivity (Wildman–Crippen MR) is 169 cm³/mol. The van der Waals surface area contributed by atoms with E-state index in [4.69, 9.17) is 25.1 Å². The maximum Gasteiger partial charge on any atom is 0.490 e. The lowest BCUT2D eigenvalue weighted by atomic mass is 9.98. The van der Waals surface area contributed by atoms with E-state index in [0.717, 1.165) is 11.1 Å². The standard InChI is InChI=1S/C31H36N4O6.C2HF3O2/c1-3-40-27(36)21-26(32)33-19-11-18-25(31(39)41-4-2)34-29(37)24-17-12-20-35(30(24)38)28(22-13-7-5-8-14-22)23-15-9-6-10-16-23;3-2(4,5)1(6)7/h5-10,12-17,20,25,28H,3-4,11,18-19,21H2,1-2H3,(H2,32,33)(H,34,37);(H,6,7)/t25-;/m0./s1. The van der Waals surface area contributed by atoms with Crippen LogP contribution in [0.2, 0.25) is 0 Å². The number of nitrogens with two attached hydrogens (primary N) is 1. The number of carbonyl (C=O) groups is 4. The van der Waals surface area contributed by atoms with E-state index in [2.05, 4.69) is 10.3 Å². The molecule has 258 valence electrons. The second kappa shape index (κ2) is 19.3. The predicted octanol–water partition coefficient (Wildman–Crippen LogP) is 3.87. The highest BCUT2D eigenvalue weighted by Gasteiger charge is 2.38. The summed E-state index contributed by atoms with van der Waals surface area (Å²) in [4.78, 5) is 64.2. The van der Waals surface area contributed by atoms with E-state index in [0.29, 0.717) is 6.42 Å². The third-order valence-corrected chi connectivity index (χ3v) is 6.44. The number of aromatic nitrogens is 1. The van der Waals surface area contributed by atoms with Crippen LogP contribution in [0.5, 0.6) is 0 Å². The van der Waals surface area contributed by atoms with Crippen LogP contribution < -0.4 is 16.6 Å². The van der Waals surface area contributed by atoms with Crippen molar-refractivity contribution in [3.63, 3.8) is 0 Å². The number of esters is 2. The van der Waals surface area contributed by atoms with E-state index in [1.807, 2.05) is 60.7 Å². The molecule has 1 amide bonds. The number of carbonyl (C=O) groups excluding carboxylic acids is 3. The second-order valence-electron chi connectivity index (χ2n) is 9.94. The fourth-order valence-electron chi connectivity index (χ4n) is 4.33. The molecule has 4 N–H and O–H groups in total. The quantitative estimate of drug-likeness (QED) is 0.0991. The molecule has 0 bridgehead atoms. The molecule has 48 heavy (non-hydrogen) atoms. The molecule has 0 radical (unpaired) electrons. The molecule has 0 aliphatic heterocycles. The van der Waals surface area contributed by atoms with Gasteiger partial charge in [0.25, 0.3) is 11.5 Å². The molecule has 0 spiro atoms. The average Bonchev–Trinajstić information content (AvgIpc) is 3.04. The largest absolute Gasteiger partial charge is 0.490 e. The number of alkyl halides is 3. The molecule has 0 aliphatic rings. The third-order valence-electron chi connectivity index (χ3n) is 6.44. The van der Waals surface area contributed by atoms with E-state index in [1.165, 1.54) is 10.6 Å². The maximum absolute atomic E-state index is 13.7. The lowest BCUT2D eigenvalue weighted by Crippen LogP contribution is -2.44. The van der Waals surface area contributed by atoms with Crippen LogP contribution in [0.1, 0.15) is 60.6 Å². The van der Waals surface area contributed by atoms with Crippen LogP contribution in [0, 0.1) is 0 Å². The molecule has 0 saturated carbocycles. The van der Waals surface area contributed by atoms with Crippen LogP contribution in [0.4, 0.5) is 13.2 Å². The normalized spacial score (nSPS) is 11.9. The van der Waals surface area contributed by atoms with Crippen molar-refractivity contribution in [2.75, 3.05) is 19.8 Å². The van der Waals surface area contributed by atoms with Crippen molar-refractivity contribution in [2.24, 2.45) is 10.7 Å². The number of nitrogens with zero attached hydrogens (tertiary/aromatic N) is 2. The molecule has 0 unspecified atom stereocenters. The fraction of sp³-hybridized carbons (Fsp3) is 0.333. The zero-order valence-electron chi connectivity index (χ0n) is 26.3. The van der Waals surface area contributed by atoms with Gasteiger partial charge in [-0.1, -0.05) is 60.7 Å². The smallest absolute Gasteiger partial charge is 0.475 e. The van der Waals surface area contributed by atoms with Crippen molar-refractivity contribution in [3.8, 4) is 0 Å². The second-order valence-corrected chi connectivity index (χ2v) is 9.94. The Morgan fingerprint density at radius 2 is 1.46 bits per heavy atom. The number of ether oxygens (including phenoxy) is 2. The average molecular weight is 675 g/mol. The maximum atomic E-state index is 13.7. The summed E-state index contributed by atoms with van der Waals surface area (Å²) in [7, 11) is 0. The summed E-state index contributed by atoms with van der Waals surface area (Å²) in [6, 6.07) is 20.7. The van der Waals surface area contributed by atoms with Crippen LogP contribution in [0.3, 0.4) is 0 Å². The molecule has 2 aromatic carbocycles. The lowest BCUT2D eigenvalue weighted by molar-refractivity contribution is -0.192. The minimum absolute atomic E-state index is 0.102. The summed E-state index contributed by atoms with van der Waals surface area (Å²) < 4.78 is 43.2. The summed E-state index contributed by atoms with van der Waals surface area (Å²) in [6.07, 6.45) is -3.00. The summed E-state index contributed by atoms with van der Waals surface area (Å²) in [5, 5.41) is 9.79. The Labute approximate surface area is 274 Å². The molecule has 0 saturated heterocycles. The van der Waals surface area contributed by atoms with Crippen LogP contribution >= 0.6 is 0 Å². The van der Waals surface area contributed by atoms with Gasteiger partial charge in [-0.05, 0) is 49.9 Å². The number of halogens is 3. The number of amides is 1. The Bertz CT molecular complexity index is 1560. The van der Waals surface area contributed by atoms with Gasteiger partial charge in [-0.15, -0.1) is 0 Å². The lowest BCUT2D eigenvalue weighted by Gasteiger charge is -2.22. The first kappa shape index (κ1) is 38.7. The Morgan fingerprint density at radius 1 is 0.917 bits per heavy atom. The summed E-state index contributed by atoms with van der Waals surface area (Å²) >= 11 is 0. The number of carboxylic acids is 1. The van der Waals surface area contributed by atoms with Crippen molar-refractivity contribution in [3.05, 3.63) is 106 Å². The molecular formula is C33H37F3N4O8. The minimum Gasteiger partial charge on any atom is -0.475 e. The molecule has 3 aromatic rings. The molecule has 1 atom stereocenters. The van der Waals surface area contributed by atoms with Gasteiger partial charge in [0, 0.05) is 12.7 Å². The van der Waals surface area contributed by atoms with E-state index in [1.54, 1.807) is 26.1 Å². The highest BCUT2D eigenvalue weighted by molar-refractivity contribution is 5.97. The number of aliphatic imine (C=N–C) groups is 1. The first-order valence-electron chi connectivity index (χ1n) is 14.8. The first-order valence-corrected chi connectivity index (χ1v) is 14.8. The van der Waals surface area contributed by atoms with Gasteiger partial charge < -0.3 is 30.2 Å². The van der Waals surface area contributed by atoms with Gasteiger partial charge >= 0.3 is 24.1 Å². The molecule has 1 aromatic heterocycles. The summed E-state index contributed by atoms with van der Waals surface area (Å²) in [5.74, 6) is -4.41. The Kier molecular flexibility index (Phi) is 15.5. The third kappa shape index (κ3) is 12.4. The van der Waals surface area contributed by atoms with Crippen molar-refractivity contribution in [1.82, 2.24) is 9.88 Å². The number of pyridine rings is 1. The molecule has 0 fully saturated rings. The van der Waals surface area contributed by atoms with Crippen molar-refractivity contribution < 1.29 is 46.9 Å². The van der Waals surface area contributed by atoms with Gasteiger partial charge in [-0.25, -0.2) is 9.59 Å². The molecule has 1 heterocycles. The van der Waals surface area contributed by atoms with Crippen LogP contribution in [0.25, 0.3) is 0 Å². The highest BCUT2D eigenvalue weighted by Crippen LogP contribution is 2.25. The van der Waals surface area contributed by atoms with E-state index in [9.17, 15) is 32.3 Å². The molecular weight excluding hydrogens is 637 g/mol. The van der Waals surface area contributed by atoms with Gasteiger partial charge in [-0.2, -0.15) is 13.2 Å². The molecule has 15 heteroatoms. The number of rotatable bonds is 14. The first-order chi connectivity index (χ1) is 22.8. The van der Waals surface area contributed by atoms with Crippen molar-refractivity contribution in [2.45, 2.75) is 51.4 Å². The van der Waals surface area contributed by atoms with Gasteiger partial charge in [0.05, 0.1) is 19.3 Å². The van der Waals surface area contributed by atoms with Crippen molar-refractivity contribution >= 4 is 29.7 Å². The Balaban J connectivity index is 0.00000103. The molecule has 0 aliphatic carbocycles. The van der Waals surface area contributed by atoms with E-state index >= 15 is 0 Å². The van der Waals surface area contributed by atoms with Crippen LogP contribution in [-0.2, 0) is 23.9 Å². The number of amidine groups is 1. The monoisotopic (exact) mass is 674 g/mol. The SMILES string of the molecule is CCOC(=O)CC(N)=NCCC[C@H](NC(=O)c1cccn(C(c2ccccc2)c2ccccc2)c1=O)C(=O)OCC.O=C(O)C(F)(F)F. The topological polar surface area (TPSA) is 179 Å². The van der Waals surface area contributed by atoms with E-state index in [-0.39, 0.29) is 44.0 Å². The highest BCUT2D eigenvalue weighted by atomic mass is 19.4. The minimum atomic E-state index is -5.08. The number of carboxylic acid groups (broad SMARTS) is 1. The summed E-state index contributed by atoms with van der Waals surface area (Å²) in [5.41, 5.74) is 6.94. The number of benzene rings is 2. The summed E-state index contributed by atoms with van der Waals surface area (Å²) in [6.45, 7) is 3.97. The van der Waals surface area contributed by atoms with Crippen LogP contribution in [0.15, 0.2) is 88.8 Å². The Morgan fingerprint density at radius 3 is 1.96 bits per heavy atom. The Hall–Kier alpha value is -5.47. The number of aliphatic carboxylic acids is 1. The number of nitrogens with one attached hydrogen (secondary N) is 1. The zero-order valence-corrected chi connectivity index (χ0v) is 26.3. The van der Waals surface area contributed by atoms with Gasteiger partial charge in [0.15, 0.2) is 0 Å². The molecule has 12 nitrogen and oxygen atoms in total. The number of hydrogen-bond donors (Lipinski definition) is 3. The van der Waals surface area contributed by atoms with E-state index < -0.39 is 47.6 Å². The van der Waals surface area contributed by atoms with Crippen LogP contribution in [-0.4, -0.2) is 71.3 Å². The molecule has 3 rings (SSSR count). The number of hydrogen-bond acceptors (Lipinski definition) is 8. The van der Waals surface area contributed by atoms with Gasteiger partial charge in [-0.3, -0.25) is 19.4 Å². The zero-order chi connectivity index (χ0) is 35.7. The van der Waals surface area contributed by atoms with Gasteiger partial charge in [0.1, 0.15) is 23.9 Å².